The van der Waals surface area contributed by atoms with Crippen LogP contribution in [0.3, 0.4) is 0 Å². The van der Waals surface area contributed by atoms with Gasteiger partial charge in [0.25, 0.3) is 0 Å². The van der Waals surface area contributed by atoms with Gasteiger partial charge >= 0.3 is 6.18 Å². The zero-order valence-corrected chi connectivity index (χ0v) is 20.9. The van der Waals surface area contributed by atoms with Crippen LogP contribution in [0.1, 0.15) is 84.9 Å². The van der Waals surface area contributed by atoms with E-state index >= 15 is 0 Å². The van der Waals surface area contributed by atoms with Crippen molar-refractivity contribution >= 4 is 5.78 Å². The van der Waals surface area contributed by atoms with Gasteiger partial charge in [-0.1, -0.05) is 47.0 Å². The number of hydrogen-bond acceptors (Lipinski definition) is 4. The number of aromatic nitrogens is 2. The number of nitrogens with zero attached hydrogens (tertiary/aromatic N) is 2. The summed E-state index contributed by atoms with van der Waals surface area (Å²) < 4.78 is 43.6. The minimum atomic E-state index is -4.59. The van der Waals surface area contributed by atoms with Crippen molar-refractivity contribution in [1.82, 2.24) is 9.97 Å². The summed E-state index contributed by atoms with van der Waals surface area (Å²) in [6.07, 6.45) is 7.23. The maximum atomic E-state index is 13.4. The first-order valence-corrected chi connectivity index (χ1v) is 13.1. The summed E-state index contributed by atoms with van der Waals surface area (Å²) in [5, 5.41) is 0. The molecule has 1 aromatic rings. The van der Waals surface area contributed by atoms with Gasteiger partial charge in [-0.05, 0) is 73.0 Å². The first kappa shape index (κ1) is 25.4. The Hall–Kier alpha value is -1.66. The van der Waals surface area contributed by atoms with Crippen LogP contribution in [0, 0.1) is 46.8 Å². The molecular formula is C27H39F3N2O2. The molecular weight excluding hydrogens is 441 g/mol. The van der Waals surface area contributed by atoms with Crippen LogP contribution in [0.15, 0.2) is 12.4 Å². The molecule has 0 aromatic carbocycles. The molecule has 1 aromatic heterocycles. The summed E-state index contributed by atoms with van der Waals surface area (Å²) in [5.74, 6) is 2.92. The van der Waals surface area contributed by atoms with Gasteiger partial charge in [0.1, 0.15) is 6.61 Å². The standard InChI is InChI=1S/C27H39F3N2O2/c1-5-7-19-17(6-2)8-9-21-20(19)10-11-26(4)22(21)12-16(3)24(26)23(33)15-34-18-13-31-25(32-14-18)27(28,29)30/h13-14,16-17,19-22,24H,5-12,15H2,1-4H3. The van der Waals surface area contributed by atoms with E-state index in [-0.39, 0.29) is 29.5 Å². The molecule has 0 amide bonds. The molecule has 3 fully saturated rings. The van der Waals surface area contributed by atoms with Crippen LogP contribution < -0.4 is 4.74 Å². The monoisotopic (exact) mass is 480 g/mol. The minimum Gasteiger partial charge on any atom is -0.483 e. The van der Waals surface area contributed by atoms with Gasteiger partial charge in [-0.25, -0.2) is 9.97 Å². The number of carbonyl (C=O) groups is 1. The van der Waals surface area contributed by atoms with Crippen LogP contribution in [0.4, 0.5) is 13.2 Å². The predicted octanol–water partition coefficient (Wildman–Crippen LogP) is 6.98. The van der Waals surface area contributed by atoms with E-state index in [2.05, 4.69) is 37.7 Å². The van der Waals surface area contributed by atoms with Crippen LogP contribution in [0.25, 0.3) is 0 Å². The van der Waals surface area contributed by atoms with Crippen molar-refractivity contribution in [2.24, 2.45) is 46.8 Å². The lowest BCUT2D eigenvalue weighted by Crippen LogP contribution is -2.49. The van der Waals surface area contributed by atoms with Gasteiger partial charge in [0.2, 0.25) is 5.82 Å². The second kappa shape index (κ2) is 9.77. The van der Waals surface area contributed by atoms with E-state index in [1.165, 1.54) is 38.5 Å². The third-order valence-electron chi connectivity index (χ3n) is 9.62. The molecule has 0 bridgehead atoms. The SMILES string of the molecule is CCCC1C(CC)CCC2C1CCC1(C)C2CC(C)C1C(=O)COc1cnc(C(F)(F)F)nc1. The van der Waals surface area contributed by atoms with Gasteiger partial charge in [-0.3, -0.25) is 4.79 Å². The highest BCUT2D eigenvalue weighted by Gasteiger charge is 2.60. The molecule has 0 radical (unpaired) electrons. The first-order chi connectivity index (χ1) is 16.1. The first-order valence-electron chi connectivity index (χ1n) is 13.1. The van der Waals surface area contributed by atoms with Crippen molar-refractivity contribution in [3.63, 3.8) is 0 Å². The highest BCUT2D eigenvalue weighted by Crippen LogP contribution is 2.65. The molecule has 8 unspecified atom stereocenters. The van der Waals surface area contributed by atoms with Crippen LogP contribution in [0.5, 0.6) is 5.75 Å². The topological polar surface area (TPSA) is 52.1 Å². The molecule has 0 aliphatic heterocycles. The largest absolute Gasteiger partial charge is 0.483 e. The lowest BCUT2D eigenvalue weighted by molar-refractivity contribution is -0.145. The normalized spacial score (nSPS) is 37.7. The van der Waals surface area contributed by atoms with Crippen LogP contribution >= 0.6 is 0 Å². The molecule has 3 aliphatic carbocycles. The minimum absolute atomic E-state index is 0.0204. The van der Waals surface area contributed by atoms with Gasteiger partial charge in [0.15, 0.2) is 11.5 Å². The van der Waals surface area contributed by atoms with E-state index in [1.807, 2.05) is 0 Å². The van der Waals surface area contributed by atoms with Crippen molar-refractivity contribution in [3.8, 4) is 5.75 Å². The van der Waals surface area contributed by atoms with E-state index in [0.717, 1.165) is 43.0 Å². The van der Waals surface area contributed by atoms with Crippen molar-refractivity contribution in [1.29, 1.82) is 0 Å². The number of fused-ring (bicyclic) bond motifs is 3. The Morgan fingerprint density at radius 1 is 1.15 bits per heavy atom. The number of rotatable bonds is 7. The van der Waals surface area contributed by atoms with Gasteiger partial charge in [0.05, 0.1) is 12.4 Å². The molecule has 8 atom stereocenters. The highest BCUT2D eigenvalue weighted by molar-refractivity contribution is 5.84. The van der Waals surface area contributed by atoms with Gasteiger partial charge < -0.3 is 4.74 Å². The maximum absolute atomic E-state index is 13.4. The van der Waals surface area contributed by atoms with Gasteiger partial charge in [-0.15, -0.1) is 0 Å². The molecule has 1 heterocycles. The number of ketones is 1. The third-order valence-corrected chi connectivity index (χ3v) is 9.62. The molecule has 0 N–H and O–H groups in total. The van der Waals surface area contributed by atoms with Crippen LogP contribution in [0.2, 0.25) is 0 Å². The summed E-state index contributed by atoms with van der Waals surface area (Å²) in [4.78, 5) is 20.0. The lowest BCUT2D eigenvalue weighted by atomic mass is 9.50. The average molecular weight is 481 g/mol. The number of ether oxygens (including phenoxy) is 1. The molecule has 34 heavy (non-hydrogen) atoms. The van der Waals surface area contributed by atoms with Crippen LogP contribution in [-0.2, 0) is 11.0 Å². The van der Waals surface area contributed by atoms with Gasteiger partial charge in [0, 0.05) is 5.92 Å². The Bertz CT molecular complexity index is 858. The Kier molecular flexibility index (Phi) is 7.31. The Labute approximate surface area is 201 Å². The van der Waals surface area contributed by atoms with E-state index in [9.17, 15) is 18.0 Å². The summed E-state index contributed by atoms with van der Waals surface area (Å²) in [5.41, 5.74) is -0.0204. The van der Waals surface area contributed by atoms with E-state index in [0.29, 0.717) is 17.8 Å². The van der Waals surface area contributed by atoms with E-state index in [1.54, 1.807) is 0 Å². The van der Waals surface area contributed by atoms with Crippen LogP contribution in [-0.4, -0.2) is 22.4 Å². The van der Waals surface area contributed by atoms with Crippen molar-refractivity contribution in [3.05, 3.63) is 18.2 Å². The third kappa shape index (κ3) is 4.60. The average Bonchev–Trinajstić information content (AvgIpc) is 3.07. The number of Topliss-reactive ketones (excluding diaryl/α,β-unsaturated/α-hetero) is 1. The fourth-order valence-corrected chi connectivity index (χ4v) is 8.35. The number of alkyl halides is 3. The zero-order valence-electron chi connectivity index (χ0n) is 20.9. The van der Waals surface area contributed by atoms with Crippen molar-refractivity contribution in [2.45, 2.75) is 85.2 Å². The summed E-state index contributed by atoms with van der Waals surface area (Å²) in [6, 6.07) is 0. The lowest BCUT2D eigenvalue weighted by Gasteiger charge is -2.54. The Balaban J connectivity index is 1.45. The molecule has 190 valence electrons. The summed E-state index contributed by atoms with van der Waals surface area (Å²) >= 11 is 0. The van der Waals surface area contributed by atoms with Crippen molar-refractivity contribution in [2.75, 3.05) is 6.61 Å². The Morgan fingerprint density at radius 3 is 2.47 bits per heavy atom. The van der Waals surface area contributed by atoms with E-state index < -0.39 is 12.0 Å². The molecule has 7 heteroatoms. The fourth-order valence-electron chi connectivity index (χ4n) is 8.35. The Morgan fingerprint density at radius 2 is 1.85 bits per heavy atom. The van der Waals surface area contributed by atoms with Crippen molar-refractivity contribution < 1.29 is 22.7 Å². The molecule has 3 aliphatic rings. The smallest absolute Gasteiger partial charge is 0.451 e. The zero-order chi connectivity index (χ0) is 24.7. The fraction of sp³-hybridized carbons (Fsp3) is 0.815. The summed E-state index contributed by atoms with van der Waals surface area (Å²) in [6.45, 7) is 9.02. The number of halogens is 3. The second-order valence-electron chi connectivity index (χ2n) is 11.4. The van der Waals surface area contributed by atoms with Gasteiger partial charge in [-0.2, -0.15) is 13.2 Å². The molecule has 4 nitrogen and oxygen atoms in total. The van der Waals surface area contributed by atoms with E-state index in [4.69, 9.17) is 4.74 Å². The molecule has 0 spiro atoms. The molecule has 4 rings (SSSR count). The summed E-state index contributed by atoms with van der Waals surface area (Å²) in [7, 11) is 0. The number of hydrogen-bond donors (Lipinski definition) is 0. The number of carbonyl (C=O) groups excluding carboxylic acids is 1. The molecule has 3 saturated carbocycles. The maximum Gasteiger partial charge on any atom is 0.451 e. The predicted molar refractivity (Wildman–Crippen MR) is 124 cm³/mol. The molecule has 0 saturated heterocycles. The quantitative estimate of drug-likeness (QED) is 0.422. The highest BCUT2D eigenvalue weighted by atomic mass is 19.4. The second-order valence-corrected chi connectivity index (χ2v) is 11.4.